The maximum Gasteiger partial charge on any atom is 0.170 e. The van der Waals surface area contributed by atoms with Gasteiger partial charge in [-0.25, -0.2) is 0 Å². The molecule has 0 saturated carbocycles. The van der Waals surface area contributed by atoms with Crippen LogP contribution in [0.5, 0.6) is 11.5 Å². The first-order valence-corrected chi connectivity index (χ1v) is 6.41. The second-order valence-electron chi connectivity index (χ2n) is 3.76. The lowest BCUT2D eigenvalue weighted by Crippen LogP contribution is -2.12. The molecule has 0 bridgehead atoms. The van der Waals surface area contributed by atoms with Gasteiger partial charge in [0.15, 0.2) is 11.6 Å². The molecule has 0 radical (unpaired) electrons. The molecular weight excluding hydrogens is 312 g/mol. The summed E-state index contributed by atoms with van der Waals surface area (Å²) in [6.45, 7) is 2.78. The van der Waals surface area contributed by atoms with E-state index < -0.39 is 0 Å². The minimum Gasteiger partial charge on any atom is -0.453 e. The van der Waals surface area contributed by atoms with E-state index in [1.807, 2.05) is 13.1 Å². The number of nitrogens with zero attached hydrogens (tertiary/aromatic N) is 3. The third-order valence-electron chi connectivity index (χ3n) is 2.50. The first-order valence-electron chi connectivity index (χ1n) is 5.61. The van der Waals surface area contributed by atoms with Crippen molar-refractivity contribution in [2.24, 2.45) is 10.9 Å². The Morgan fingerprint density at radius 1 is 1.58 bits per heavy atom. The number of hydrogen-bond donors (Lipinski definition) is 2. The van der Waals surface area contributed by atoms with Crippen molar-refractivity contribution in [1.82, 2.24) is 9.78 Å². The molecule has 2 aromatic rings. The van der Waals surface area contributed by atoms with Gasteiger partial charge in [0.1, 0.15) is 5.75 Å². The van der Waals surface area contributed by atoms with Crippen molar-refractivity contribution in [2.45, 2.75) is 13.5 Å². The number of rotatable bonds is 4. The van der Waals surface area contributed by atoms with E-state index in [2.05, 4.69) is 26.2 Å². The highest BCUT2D eigenvalue weighted by atomic mass is 79.9. The van der Waals surface area contributed by atoms with Gasteiger partial charge in [0.25, 0.3) is 0 Å². The second kappa shape index (κ2) is 5.75. The van der Waals surface area contributed by atoms with E-state index in [0.717, 1.165) is 6.54 Å². The van der Waals surface area contributed by atoms with Gasteiger partial charge in [0.2, 0.25) is 0 Å². The summed E-state index contributed by atoms with van der Waals surface area (Å²) in [5.74, 6) is 1.33. The SMILES string of the molecule is CCn1cc(Oc2ccc(/C(N)=N/O)cc2Br)cn1. The molecule has 100 valence electrons. The largest absolute Gasteiger partial charge is 0.453 e. The van der Waals surface area contributed by atoms with Crippen LogP contribution in [0.1, 0.15) is 12.5 Å². The van der Waals surface area contributed by atoms with E-state index in [1.54, 1.807) is 29.1 Å². The fraction of sp³-hybridized carbons (Fsp3) is 0.167. The molecule has 2 rings (SSSR count). The molecule has 0 aliphatic heterocycles. The molecule has 19 heavy (non-hydrogen) atoms. The Bertz CT molecular complexity index is 610. The van der Waals surface area contributed by atoms with E-state index in [-0.39, 0.29) is 5.84 Å². The van der Waals surface area contributed by atoms with Gasteiger partial charge in [-0.2, -0.15) is 5.10 Å². The standard InChI is InChI=1S/C12H13BrN4O2/c1-2-17-7-9(6-15-17)19-11-4-3-8(5-10(11)13)12(14)16-18/h3-7,18H,2H2,1H3,(H2,14,16). The molecule has 0 amide bonds. The van der Waals surface area contributed by atoms with E-state index in [9.17, 15) is 0 Å². The van der Waals surface area contributed by atoms with Crippen molar-refractivity contribution in [2.75, 3.05) is 0 Å². The lowest BCUT2D eigenvalue weighted by molar-refractivity contribution is 0.318. The van der Waals surface area contributed by atoms with Gasteiger partial charge in [-0.3, -0.25) is 4.68 Å². The van der Waals surface area contributed by atoms with Gasteiger partial charge in [0, 0.05) is 12.1 Å². The summed E-state index contributed by atoms with van der Waals surface area (Å²) >= 11 is 3.38. The van der Waals surface area contributed by atoms with Crippen LogP contribution in [0.2, 0.25) is 0 Å². The van der Waals surface area contributed by atoms with Crippen LogP contribution in [0, 0.1) is 0 Å². The van der Waals surface area contributed by atoms with Crippen molar-refractivity contribution >= 4 is 21.8 Å². The minimum absolute atomic E-state index is 0.0473. The summed E-state index contributed by atoms with van der Waals surface area (Å²) in [7, 11) is 0. The fourth-order valence-corrected chi connectivity index (χ4v) is 1.96. The molecule has 0 fully saturated rings. The number of hydrogen-bond acceptors (Lipinski definition) is 4. The average Bonchev–Trinajstić information content (AvgIpc) is 2.88. The van der Waals surface area contributed by atoms with Gasteiger partial charge >= 0.3 is 0 Å². The number of aryl methyl sites for hydroxylation is 1. The van der Waals surface area contributed by atoms with Crippen LogP contribution in [-0.2, 0) is 6.54 Å². The van der Waals surface area contributed by atoms with Gasteiger partial charge in [-0.1, -0.05) is 5.16 Å². The van der Waals surface area contributed by atoms with Crippen molar-refractivity contribution in [3.63, 3.8) is 0 Å². The van der Waals surface area contributed by atoms with Gasteiger partial charge in [-0.15, -0.1) is 0 Å². The van der Waals surface area contributed by atoms with Crippen molar-refractivity contribution in [3.8, 4) is 11.5 Å². The summed E-state index contributed by atoms with van der Waals surface area (Å²) < 4.78 is 8.17. The number of ether oxygens (including phenoxy) is 1. The topological polar surface area (TPSA) is 85.7 Å². The highest BCUT2D eigenvalue weighted by Gasteiger charge is 2.07. The van der Waals surface area contributed by atoms with Gasteiger partial charge in [0.05, 0.1) is 16.9 Å². The minimum atomic E-state index is 0.0473. The quantitative estimate of drug-likeness (QED) is 0.391. The summed E-state index contributed by atoms with van der Waals surface area (Å²) in [4.78, 5) is 0. The number of oxime groups is 1. The van der Waals surface area contributed by atoms with E-state index in [0.29, 0.717) is 21.5 Å². The van der Waals surface area contributed by atoms with Crippen LogP contribution in [0.25, 0.3) is 0 Å². The predicted octanol–water partition coefficient (Wildman–Crippen LogP) is 2.55. The lowest BCUT2D eigenvalue weighted by Gasteiger charge is -2.07. The lowest BCUT2D eigenvalue weighted by atomic mass is 10.2. The molecule has 0 unspecified atom stereocenters. The molecular formula is C12H13BrN4O2. The van der Waals surface area contributed by atoms with Crippen LogP contribution in [0.4, 0.5) is 0 Å². The molecule has 0 spiro atoms. The smallest absolute Gasteiger partial charge is 0.170 e. The Morgan fingerprint density at radius 2 is 2.37 bits per heavy atom. The molecule has 0 saturated heterocycles. The Balaban J connectivity index is 2.21. The highest BCUT2D eigenvalue weighted by Crippen LogP contribution is 2.30. The summed E-state index contributed by atoms with van der Waals surface area (Å²) in [6.07, 6.45) is 3.46. The Hall–Kier alpha value is -2.02. The Morgan fingerprint density at radius 3 is 2.95 bits per heavy atom. The molecule has 3 N–H and O–H groups in total. The molecule has 7 heteroatoms. The van der Waals surface area contributed by atoms with E-state index >= 15 is 0 Å². The molecule has 0 aliphatic carbocycles. The monoisotopic (exact) mass is 324 g/mol. The van der Waals surface area contributed by atoms with Crippen molar-refractivity contribution in [1.29, 1.82) is 0 Å². The fourth-order valence-electron chi connectivity index (χ4n) is 1.50. The zero-order valence-electron chi connectivity index (χ0n) is 10.2. The number of benzene rings is 1. The average molecular weight is 325 g/mol. The normalized spacial score (nSPS) is 11.6. The third-order valence-corrected chi connectivity index (χ3v) is 3.12. The molecule has 0 atom stereocenters. The molecule has 0 aliphatic rings. The highest BCUT2D eigenvalue weighted by molar-refractivity contribution is 9.10. The summed E-state index contributed by atoms with van der Waals surface area (Å²) in [6, 6.07) is 5.16. The third kappa shape index (κ3) is 3.05. The number of nitrogens with two attached hydrogens (primary N) is 1. The predicted molar refractivity (Wildman–Crippen MR) is 74.6 cm³/mol. The van der Waals surface area contributed by atoms with E-state index in [4.69, 9.17) is 15.7 Å². The van der Waals surface area contributed by atoms with Crippen molar-refractivity contribution in [3.05, 3.63) is 40.6 Å². The number of amidine groups is 1. The number of aromatic nitrogens is 2. The zero-order chi connectivity index (χ0) is 13.8. The van der Waals surface area contributed by atoms with E-state index in [1.165, 1.54) is 0 Å². The van der Waals surface area contributed by atoms with Crippen molar-refractivity contribution < 1.29 is 9.94 Å². The molecule has 1 heterocycles. The van der Waals surface area contributed by atoms with Gasteiger partial charge < -0.3 is 15.7 Å². The molecule has 1 aromatic carbocycles. The number of halogens is 1. The zero-order valence-corrected chi connectivity index (χ0v) is 11.8. The summed E-state index contributed by atoms with van der Waals surface area (Å²) in [5, 5.41) is 15.7. The molecule has 1 aromatic heterocycles. The van der Waals surface area contributed by atoms with Crippen LogP contribution in [-0.4, -0.2) is 20.8 Å². The van der Waals surface area contributed by atoms with Crippen LogP contribution in [0.3, 0.4) is 0 Å². The van der Waals surface area contributed by atoms with Gasteiger partial charge in [-0.05, 0) is 41.1 Å². The maximum absolute atomic E-state index is 8.62. The summed E-state index contributed by atoms with van der Waals surface area (Å²) in [5.41, 5.74) is 6.11. The maximum atomic E-state index is 8.62. The second-order valence-corrected chi connectivity index (χ2v) is 4.62. The molecule has 6 nitrogen and oxygen atoms in total. The first kappa shape index (κ1) is 13.4. The Labute approximate surface area is 118 Å². The van der Waals surface area contributed by atoms with Crippen LogP contribution >= 0.6 is 15.9 Å². The Kier molecular flexibility index (Phi) is 4.06. The van der Waals surface area contributed by atoms with Crippen LogP contribution < -0.4 is 10.5 Å². The van der Waals surface area contributed by atoms with Crippen LogP contribution in [0.15, 0.2) is 40.2 Å². The first-order chi connectivity index (χ1) is 9.13.